The van der Waals surface area contributed by atoms with Crippen LogP contribution in [0.25, 0.3) is 0 Å². The quantitative estimate of drug-likeness (QED) is 0.717. The SMILES string of the molecule is O=S([O-])CC1(OCc2ccccc2)COC1. The van der Waals surface area contributed by atoms with Crippen LogP contribution in [-0.4, -0.2) is 33.3 Å². The number of ether oxygens (including phenoxy) is 2. The van der Waals surface area contributed by atoms with Crippen molar-refractivity contribution in [1.82, 2.24) is 0 Å². The Labute approximate surface area is 96.9 Å². The van der Waals surface area contributed by atoms with Crippen molar-refractivity contribution in [3.8, 4) is 0 Å². The summed E-state index contributed by atoms with van der Waals surface area (Å²) in [5.74, 6) is -0.000165. The summed E-state index contributed by atoms with van der Waals surface area (Å²) < 4.78 is 32.0. The molecule has 0 amide bonds. The zero-order valence-corrected chi connectivity index (χ0v) is 9.57. The Balaban J connectivity index is 1.90. The highest BCUT2D eigenvalue weighted by Gasteiger charge is 2.39. The molecule has 1 fully saturated rings. The van der Waals surface area contributed by atoms with E-state index in [1.54, 1.807) is 0 Å². The first kappa shape index (κ1) is 11.7. The maximum Gasteiger partial charge on any atom is 0.125 e. The number of hydrogen-bond acceptors (Lipinski definition) is 4. The van der Waals surface area contributed by atoms with Crippen molar-refractivity contribution in [3.05, 3.63) is 35.9 Å². The van der Waals surface area contributed by atoms with Crippen molar-refractivity contribution in [2.24, 2.45) is 0 Å². The van der Waals surface area contributed by atoms with E-state index in [2.05, 4.69) is 0 Å². The first-order valence-electron chi connectivity index (χ1n) is 5.02. The average molecular weight is 241 g/mol. The molecule has 88 valence electrons. The van der Waals surface area contributed by atoms with Crippen molar-refractivity contribution >= 4 is 11.1 Å². The fourth-order valence-corrected chi connectivity index (χ4v) is 2.24. The van der Waals surface area contributed by atoms with Gasteiger partial charge in [0.05, 0.1) is 19.8 Å². The molecule has 2 rings (SSSR count). The Morgan fingerprint density at radius 2 is 2.06 bits per heavy atom. The second-order valence-corrected chi connectivity index (χ2v) is 4.79. The molecule has 0 radical (unpaired) electrons. The van der Waals surface area contributed by atoms with Crippen molar-refractivity contribution in [1.29, 1.82) is 0 Å². The molecule has 1 aromatic carbocycles. The predicted octanol–water partition coefficient (Wildman–Crippen LogP) is 0.851. The van der Waals surface area contributed by atoms with Gasteiger partial charge in [-0.15, -0.1) is 0 Å². The van der Waals surface area contributed by atoms with Gasteiger partial charge in [-0.3, -0.25) is 4.21 Å². The molecule has 1 aliphatic heterocycles. The molecule has 0 aromatic heterocycles. The molecule has 16 heavy (non-hydrogen) atoms. The van der Waals surface area contributed by atoms with Crippen LogP contribution in [0.3, 0.4) is 0 Å². The Morgan fingerprint density at radius 3 is 2.56 bits per heavy atom. The van der Waals surface area contributed by atoms with Gasteiger partial charge in [0.25, 0.3) is 0 Å². The summed E-state index contributed by atoms with van der Waals surface area (Å²) in [4.78, 5) is 0. The van der Waals surface area contributed by atoms with Crippen LogP contribution in [-0.2, 0) is 27.2 Å². The minimum absolute atomic E-state index is 0.000165. The van der Waals surface area contributed by atoms with E-state index in [1.807, 2.05) is 30.3 Å². The van der Waals surface area contributed by atoms with Crippen molar-refractivity contribution in [2.75, 3.05) is 19.0 Å². The highest BCUT2D eigenvalue weighted by molar-refractivity contribution is 7.79. The Kier molecular flexibility index (Phi) is 3.70. The lowest BCUT2D eigenvalue weighted by Crippen LogP contribution is -2.55. The lowest BCUT2D eigenvalue weighted by molar-refractivity contribution is -0.202. The van der Waals surface area contributed by atoms with Gasteiger partial charge >= 0.3 is 0 Å². The Morgan fingerprint density at radius 1 is 1.38 bits per heavy atom. The third-order valence-corrected chi connectivity index (χ3v) is 3.26. The first-order chi connectivity index (χ1) is 7.70. The molecule has 1 heterocycles. The number of benzene rings is 1. The van der Waals surface area contributed by atoms with E-state index in [1.165, 1.54) is 0 Å². The molecule has 0 bridgehead atoms. The van der Waals surface area contributed by atoms with Crippen LogP contribution in [0.4, 0.5) is 0 Å². The van der Waals surface area contributed by atoms with Crippen LogP contribution >= 0.6 is 0 Å². The molecule has 4 nitrogen and oxygen atoms in total. The topological polar surface area (TPSA) is 58.6 Å². The highest BCUT2D eigenvalue weighted by atomic mass is 32.2. The van der Waals surface area contributed by atoms with Crippen molar-refractivity contribution < 1.29 is 18.2 Å². The van der Waals surface area contributed by atoms with E-state index in [0.717, 1.165) is 5.56 Å². The molecule has 1 unspecified atom stereocenters. The van der Waals surface area contributed by atoms with E-state index in [9.17, 15) is 8.76 Å². The average Bonchev–Trinajstić information content (AvgIpc) is 2.23. The lowest BCUT2D eigenvalue weighted by atomic mass is 10.1. The van der Waals surface area contributed by atoms with Crippen LogP contribution in [0.2, 0.25) is 0 Å². The smallest absolute Gasteiger partial charge is 0.125 e. The van der Waals surface area contributed by atoms with Crippen LogP contribution in [0, 0.1) is 0 Å². The molecule has 1 atom stereocenters. The van der Waals surface area contributed by atoms with E-state index in [0.29, 0.717) is 19.8 Å². The molecule has 1 aromatic rings. The van der Waals surface area contributed by atoms with Gasteiger partial charge in [0.1, 0.15) is 5.60 Å². The van der Waals surface area contributed by atoms with Crippen LogP contribution in [0.1, 0.15) is 5.56 Å². The second-order valence-electron chi connectivity index (χ2n) is 3.90. The van der Waals surface area contributed by atoms with E-state index < -0.39 is 16.7 Å². The van der Waals surface area contributed by atoms with Crippen molar-refractivity contribution in [3.63, 3.8) is 0 Å². The van der Waals surface area contributed by atoms with E-state index >= 15 is 0 Å². The summed E-state index contributed by atoms with van der Waals surface area (Å²) in [6.07, 6.45) is 0. The van der Waals surface area contributed by atoms with Gasteiger partial charge in [0, 0.05) is 5.75 Å². The van der Waals surface area contributed by atoms with Crippen molar-refractivity contribution in [2.45, 2.75) is 12.2 Å². The molecule has 0 aliphatic carbocycles. The summed E-state index contributed by atoms with van der Waals surface area (Å²) in [5, 5.41) is 0. The first-order valence-corrected chi connectivity index (χ1v) is 6.26. The van der Waals surface area contributed by atoms with Gasteiger partial charge < -0.3 is 14.0 Å². The minimum Gasteiger partial charge on any atom is -0.772 e. The molecule has 5 heteroatoms. The van der Waals surface area contributed by atoms with E-state index in [-0.39, 0.29) is 5.75 Å². The Hall–Kier alpha value is -0.750. The molecule has 0 spiro atoms. The van der Waals surface area contributed by atoms with Gasteiger partial charge in [-0.05, 0) is 5.56 Å². The largest absolute Gasteiger partial charge is 0.772 e. The Bertz CT molecular complexity index is 362. The molecule has 1 saturated heterocycles. The molecule has 0 N–H and O–H groups in total. The third-order valence-electron chi connectivity index (χ3n) is 2.50. The van der Waals surface area contributed by atoms with Crippen LogP contribution in [0.5, 0.6) is 0 Å². The van der Waals surface area contributed by atoms with Gasteiger partial charge in [-0.1, -0.05) is 41.4 Å². The summed E-state index contributed by atoms with van der Waals surface area (Å²) >= 11 is -2.10. The fourth-order valence-electron chi connectivity index (χ4n) is 1.56. The van der Waals surface area contributed by atoms with Gasteiger partial charge in [0.2, 0.25) is 0 Å². The number of rotatable bonds is 5. The molecular weight excluding hydrogens is 228 g/mol. The standard InChI is InChI=1S/C11H14O4S/c12-16(13)9-11(7-14-8-11)15-6-10-4-2-1-3-5-10/h1-5H,6-9H2,(H,12,13)/p-1. The maximum absolute atomic E-state index is 10.7. The third kappa shape index (κ3) is 2.89. The maximum atomic E-state index is 10.7. The monoisotopic (exact) mass is 241 g/mol. The van der Waals surface area contributed by atoms with Gasteiger partial charge in [-0.25, -0.2) is 0 Å². The fraction of sp³-hybridized carbons (Fsp3) is 0.455. The van der Waals surface area contributed by atoms with Crippen LogP contribution in [0.15, 0.2) is 30.3 Å². The minimum atomic E-state index is -2.10. The van der Waals surface area contributed by atoms with Gasteiger partial charge in [-0.2, -0.15) is 0 Å². The second kappa shape index (κ2) is 5.05. The zero-order valence-electron chi connectivity index (χ0n) is 8.76. The van der Waals surface area contributed by atoms with Gasteiger partial charge in [0.15, 0.2) is 0 Å². The summed E-state index contributed by atoms with van der Waals surface area (Å²) in [6.45, 7) is 1.13. The molecule has 0 saturated carbocycles. The molecule has 1 aliphatic rings. The summed E-state index contributed by atoms with van der Waals surface area (Å²) in [7, 11) is 0. The number of hydrogen-bond donors (Lipinski definition) is 0. The zero-order chi connectivity index (χ0) is 11.4. The normalized spacial score (nSPS) is 20.1. The summed E-state index contributed by atoms with van der Waals surface area (Å²) in [6, 6.07) is 9.67. The lowest BCUT2D eigenvalue weighted by Gasteiger charge is -2.41. The summed E-state index contributed by atoms with van der Waals surface area (Å²) in [5.41, 5.74) is 0.396. The predicted molar refractivity (Wildman–Crippen MR) is 58.6 cm³/mol. The van der Waals surface area contributed by atoms with E-state index in [4.69, 9.17) is 9.47 Å². The molecular formula is C11H13O4S-. The highest BCUT2D eigenvalue weighted by Crippen LogP contribution is 2.24. The van der Waals surface area contributed by atoms with Crippen LogP contribution < -0.4 is 0 Å².